The molecule has 13 heavy (non-hydrogen) atoms. The summed E-state index contributed by atoms with van der Waals surface area (Å²) >= 11 is 3.33. The van der Waals surface area contributed by atoms with Gasteiger partial charge >= 0.3 is 0 Å². The van der Waals surface area contributed by atoms with Crippen molar-refractivity contribution in [2.24, 2.45) is 7.05 Å². The third-order valence-corrected chi connectivity index (χ3v) is 2.60. The Morgan fingerprint density at radius 3 is 2.92 bits per heavy atom. The summed E-state index contributed by atoms with van der Waals surface area (Å²) in [5, 5.41) is 1.93. The maximum absolute atomic E-state index is 13.0. The smallest absolute Gasteiger partial charge is 0.177 e. The van der Waals surface area contributed by atoms with E-state index in [1.54, 1.807) is 0 Å². The molecule has 66 valence electrons. The van der Waals surface area contributed by atoms with Gasteiger partial charge in [-0.05, 0) is 33.4 Å². The summed E-state index contributed by atoms with van der Waals surface area (Å²) in [6, 6.07) is 4.89. The first-order chi connectivity index (χ1) is 6.16. The monoisotopic (exact) mass is 240 g/mol. The highest BCUT2D eigenvalue weighted by Gasteiger charge is 2.04. The van der Waals surface area contributed by atoms with Gasteiger partial charge in [0.2, 0.25) is 0 Å². The molecule has 0 N–H and O–H groups in total. The van der Waals surface area contributed by atoms with E-state index in [0.29, 0.717) is 0 Å². The van der Waals surface area contributed by atoms with Gasteiger partial charge in [-0.1, -0.05) is 0 Å². The first-order valence-electron chi connectivity index (χ1n) is 3.91. The fourth-order valence-corrected chi connectivity index (χ4v) is 1.87. The lowest BCUT2D eigenvalue weighted by atomic mass is 10.2. The number of aromatic nitrogens is 1. The van der Waals surface area contributed by atoms with E-state index in [2.05, 4.69) is 15.9 Å². The van der Waals surface area contributed by atoms with E-state index in [1.165, 1.54) is 12.1 Å². The van der Waals surface area contributed by atoms with E-state index in [1.807, 2.05) is 30.1 Å². The molecule has 1 aromatic heterocycles. The van der Waals surface area contributed by atoms with Crippen LogP contribution in [0.1, 0.15) is 0 Å². The van der Waals surface area contributed by atoms with E-state index in [-0.39, 0.29) is 5.82 Å². The van der Waals surface area contributed by atoms with Crippen molar-refractivity contribution in [1.29, 1.82) is 0 Å². The van der Waals surface area contributed by atoms with Gasteiger partial charge in [-0.2, -0.15) is 0 Å². The van der Waals surface area contributed by atoms with Crippen LogP contribution in [0.5, 0.6) is 0 Å². The molecule has 1 heterocycles. The highest BCUT2D eigenvalue weighted by Crippen LogP contribution is 2.23. The number of fused-ring (bicyclic) bond motifs is 1. The second-order valence-electron chi connectivity index (χ2n) is 3.00. The van der Waals surface area contributed by atoms with Crippen molar-refractivity contribution in [2.75, 3.05) is 0 Å². The minimum atomic E-state index is -0.215. The summed E-state index contributed by atoms with van der Waals surface area (Å²) in [6.07, 6.45) is 3.85. The maximum Gasteiger partial charge on any atom is 0.177 e. The lowest BCUT2D eigenvalue weighted by molar-refractivity contribution is -0.670. The van der Waals surface area contributed by atoms with E-state index in [4.69, 9.17) is 0 Å². The molecule has 0 unspecified atom stereocenters. The zero-order valence-corrected chi connectivity index (χ0v) is 8.68. The van der Waals surface area contributed by atoms with Crippen LogP contribution in [0, 0.1) is 5.82 Å². The van der Waals surface area contributed by atoms with Gasteiger partial charge in [-0.15, -0.1) is 0 Å². The molecular formula is C10H8BrFN+. The minimum Gasteiger partial charge on any atom is -0.207 e. The molecule has 0 saturated heterocycles. The highest BCUT2D eigenvalue weighted by atomic mass is 79.9. The average molecular weight is 241 g/mol. The number of rotatable bonds is 0. The second kappa shape index (κ2) is 3.07. The Hall–Kier alpha value is -0.960. The number of aryl methyl sites for hydroxylation is 1. The molecule has 2 rings (SSSR count). The average Bonchev–Trinajstić information content (AvgIpc) is 2.06. The molecule has 0 aliphatic heterocycles. The predicted octanol–water partition coefficient (Wildman–Crippen LogP) is 2.57. The molecule has 0 aliphatic carbocycles. The third kappa shape index (κ3) is 1.56. The molecule has 0 radical (unpaired) electrons. The Morgan fingerprint density at radius 1 is 1.38 bits per heavy atom. The Labute approximate surface area is 83.9 Å². The Bertz CT molecular complexity index is 468. The van der Waals surface area contributed by atoms with Crippen LogP contribution in [0.15, 0.2) is 35.1 Å². The molecule has 0 amide bonds. The van der Waals surface area contributed by atoms with Crippen LogP contribution in [-0.2, 0) is 7.05 Å². The number of nitrogens with zero attached hydrogens (tertiary/aromatic N) is 1. The van der Waals surface area contributed by atoms with Gasteiger partial charge in [0.05, 0.1) is 5.39 Å². The number of benzene rings is 1. The van der Waals surface area contributed by atoms with Gasteiger partial charge in [0.1, 0.15) is 12.9 Å². The maximum atomic E-state index is 13.0. The summed E-state index contributed by atoms with van der Waals surface area (Å²) in [6.45, 7) is 0. The van der Waals surface area contributed by atoms with Gasteiger partial charge in [-0.3, -0.25) is 0 Å². The Morgan fingerprint density at radius 2 is 2.15 bits per heavy atom. The molecule has 0 bridgehead atoms. The fourth-order valence-electron chi connectivity index (χ4n) is 1.32. The van der Waals surface area contributed by atoms with Gasteiger partial charge < -0.3 is 0 Å². The molecule has 0 spiro atoms. The molecular weight excluding hydrogens is 233 g/mol. The second-order valence-corrected chi connectivity index (χ2v) is 3.86. The van der Waals surface area contributed by atoms with E-state index >= 15 is 0 Å². The lowest BCUT2D eigenvalue weighted by Crippen LogP contribution is -2.25. The summed E-state index contributed by atoms with van der Waals surface area (Å²) in [5.74, 6) is -0.215. The van der Waals surface area contributed by atoms with Crippen molar-refractivity contribution in [2.45, 2.75) is 0 Å². The van der Waals surface area contributed by atoms with E-state index in [0.717, 1.165) is 15.2 Å². The van der Waals surface area contributed by atoms with Crippen LogP contribution < -0.4 is 4.57 Å². The van der Waals surface area contributed by atoms with Gasteiger partial charge in [0.25, 0.3) is 0 Å². The molecule has 0 aliphatic rings. The minimum absolute atomic E-state index is 0.215. The highest BCUT2D eigenvalue weighted by molar-refractivity contribution is 9.10. The van der Waals surface area contributed by atoms with Crippen molar-refractivity contribution in [3.05, 3.63) is 40.9 Å². The number of halogens is 2. The van der Waals surface area contributed by atoms with Crippen molar-refractivity contribution in [1.82, 2.24) is 0 Å². The topological polar surface area (TPSA) is 3.88 Å². The number of hydrogen-bond acceptors (Lipinski definition) is 0. The van der Waals surface area contributed by atoms with Crippen LogP contribution in [0.3, 0.4) is 0 Å². The molecule has 1 nitrogen and oxygen atoms in total. The van der Waals surface area contributed by atoms with Crippen molar-refractivity contribution in [3.63, 3.8) is 0 Å². The molecule has 3 heteroatoms. The first-order valence-corrected chi connectivity index (χ1v) is 4.70. The zero-order valence-electron chi connectivity index (χ0n) is 7.09. The summed E-state index contributed by atoms with van der Waals surface area (Å²) in [7, 11) is 1.94. The molecule has 1 aromatic carbocycles. The number of pyridine rings is 1. The molecule has 0 atom stereocenters. The SMILES string of the molecule is C[n+]1ccc2cc(F)cc(Br)c2c1. The van der Waals surface area contributed by atoms with E-state index in [9.17, 15) is 4.39 Å². The summed E-state index contributed by atoms with van der Waals surface area (Å²) in [5.41, 5.74) is 0. The van der Waals surface area contributed by atoms with Gasteiger partial charge in [0.15, 0.2) is 12.4 Å². The summed E-state index contributed by atoms with van der Waals surface area (Å²) < 4.78 is 15.7. The lowest BCUT2D eigenvalue weighted by Gasteiger charge is -1.98. The van der Waals surface area contributed by atoms with Gasteiger partial charge in [-0.25, -0.2) is 8.96 Å². The van der Waals surface area contributed by atoms with Crippen LogP contribution in [0.4, 0.5) is 4.39 Å². The Balaban J connectivity index is 2.87. The number of hydrogen-bond donors (Lipinski definition) is 0. The zero-order chi connectivity index (χ0) is 9.42. The van der Waals surface area contributed by atoms with Crippen molar-refractivity contribution < 1.29 is 8.96 Å². The quantitative estimate of drug-likeness (QED) is 0.624. The first kappa shape index (κ1) is 8.63. The molecule has 0 fully saturated rings. The van der Waals surface area contributed by atoms with Crippen molar-refractivity contribution in [3.8, 4) is 0 Å². The normalized spacial score (nSPS) is 10.7. The fraction of sp³-hybridized carbons (Fsp3) is 0.100. The largest absolute Gasteiger partial charge is 0.207 e. The molecule has 2 aromatic rings. The van der Waals surface area contributed by atoms with Gasteiger partial charge in [0, 0.05) is 10.5 Å². The van der Waals surface area contributed by atoms with Crippen molar-refractivity contribution >= 4 is 26.7 Å². The predicted molar refractivity (Wildman–Crippen MR) is 52.8 cm³/mol. The van der Waals surface area contributed by atoms with Crippen LogP contribution >= 0.6 is 15.9 Å². The standard InChI is InChI=1S/C10H8BrFN/c1-13-3-2-7-4-8(12)5-10(11)9(7)6-13/h2-6H,1H3/q+1. The van der Waals surface area contributed by atoms with Crippen LogP contribution in [0.2, 0.25) is 0 Å². The van der Waals surface area contributed by atoms with E-state index < -0.39 is 0 Å². The van der Waals surface area contributed by atoms with Crippen LogP contribution in [-0.4, -0.2) is 0 Å². The van der Waals surface area contributed by atoms with Crippen LogP contribution in [0.25, 0.3) is 10.8 Å². The summed E-state index contributed by atoms with van der Waals surface area (Å²) in [4.78, 5) is 0. The molecule has 0 saturated carbocycles. The Kier molecular flexibility index (Phi) is 2.04. The third-order valence-electron chi connectivity index (χ3n) is 1.95.